The molecule has 0 atom stereocenters. The smallest absolute Gasteiger partial charge is 0.327 e. The van der Waals surface area contributed by atoms with E-state index in [1.165, 1.54) is 0 Å². The number of ether oxygens (including phenoxy) is 1. The second-order valence-corrected chi connectivity index (χ2v) is 6.09. The fourth-order valence-electron chi connectivity index (χ4n) is 0.984. The van der Waals surface area contributed by atoms with Gasteiger partial charge in [-0.25, -0.2) is 0 Å². The molecule has 0 saturated carbocycles. The Morgan fingerprint density at radius 2 is 1.50 bits per heavy atom. The van der Waals surface area contributed by atoms with E-state index in [0.717, 1.165) is 19.4 Å². The largest absolute Gasteiger partial charge is 0.379 e. The SMILES string of the molecule is CCCCOCCOP(=S)(OCC)OCC. The van der Waals surface area contributed by atoms with Gasteiger partial charge in [0.15, 0.2) is 0 Å². The minimum atomic E-state index is -2.52. The van der Waals surface area contributed by atoms with Gasteiger partial charge < -0.3 is 18.3 Å². The van der Waals surface area contributed by atoms with Crippen LogP contribution in [0.4, 0.5) is 0 Å². The van der Waals surface area contributed by atoms with Gasteiger partial charge in [0.1, 0.15) is 0 Å². The summed E-state index contributed by atoms with van der Waals surface area (Å²) < 4.78 is 21.5. The molecule has 6 heteroatoms. The Kier molecular flexibility index (Phi) is 11.0. The van der Waals surface area contributed by atoms with Gasteiger partial charge in [-0.1, -0.05) is 13.3 Å². The third kappa shape index (κ3) is 8.62. The van der Waals surface area contributed by atoms with Crippen LogP contribution in [0.2, 0.25) is 0 Å². The third-order valence-electron chi connectivity index (χ3n) is 1.69. The summed E-state index contributed by atoms with van der Waals surface area (Å²) in [5.74, 6) is 0. The van der Waals surface area contributed by atoms with Gasteiger partial charge >= 0.3 is 6.72 Å². The lowest BCUT2D eigenvalue weighted by atomic mass is 10.4. The minimum Gasteiger partial charge on any atom is -0.379 e. The zero-order valence-electron chi connectivity index (χ0n) is 10.4. The summed E-state index contributed by atoms with van der Waals surface area (Å²) in [5, 5.41) is 0. The van der Waals surface area contributed by atoms with Crippen molar-refractivity contribution in [1.82, 2.24) is 0 Å². The van der Waals surface area contributed by atoms with Gasteiger partial charge in [-0.05, 0) is 32.1 Å². The van der Waals surface area contributed by atoms with Crippen LogP contribution in [-0.2, 0) is 30.1 Å². The zero-order chi connectivity index (χ0) is 12.3. The first-order valence-electron chi connectivity index (χ1n) is 5.79. The fraction of sp³-hybridized carbons (Fsp3) is 1.00. The standard InChI is InChI=1S/C10H23O4PS/c1-4-7-8-11-9-10-14-15(16,12-5-2)13-6-3/h4-10H2,1-3H3. The lowest BCUT2D eigenvalue weighted by molar-refractivity contribution is 0.0821. The first-order chi connectivity index (χ1) is 7.68. The molecule has 0 aromatic rings. The topological polar surface area (TPSA) is 36.9 Å². The van der Waals surface area contributed by atoms with Crippen molar-refractivity contribution >= 4 is 18.5 Å². The Labute approximate surface area is 104 Å². The Hall–Kier alpha value is 0.490. The second-order valence-electron chi connectivity index (χ2n) is 3.08. The summed E-state index contributed by atoms with van der Waals surface area (Å²) in [6, 6.07) is 0. The van der Waals surface area contributed by atoms with Gasteiger partial charge in [0.25, 0.3) is 0 Å². The highest BCUT2D eigenvalue weighted by Crippen LogP contribution is 2.49. The quantitative estimate of drug-likeness (QED) is 0.426. The number of hydrogen-bond donors (Lipinski definition) is 0. The van der Waals surface area contributed by atoms with Gasteiger partial charge in [0.05, 0.1) is 26.4 Å². The molecule has 0 radical (unpaired) electrons. The van der Waals surface area contributed by atoms with Crippen LogP contribution in [0.25, 0.3) is 0 Å². The number of rotatable bonds is 11. The lowest BCUT2D eigenvalue weighted by Crippen LogP contribution is -2.07. The fourth-order valence-corrected chi connectivity index (χ4v) is 2.99. The Balaban J connectivity index is 3.64. The summed E-state index contributed by atoms with van der Waals surface area (Å²) in [6.45, 7) is 6.12. The van der Waals surface area contributed by atoms with E-state index in [1.54, 1.807) is 0 Å². The van der Waals surface area contributed by atoms with Crippen molar-refractivity contribution in [3.05, 3.63) is 0 Å². The van der Waals surface area contributed by atoms with Crippen LogP contribution >= 0.6 is 6.72 Å². The molecule has 0 bridgehead atoms. The predicted octanol–water partition coefficient (Wildman–Crippen LogP) is 3.12. The molecule has 0 N–H and O–H groups in total. The van der Waals surface area contributed by atoms with Crippen LogP contribution in [0.1, 0.15) is 33.6 Å². The molecule has 0 unspecified atom stereocenters. The van der Waals surface area contributed by atoms with Crippen LogP contribution in [-0.4, -0.2) is 33.0 Å². The normalized spacial score (nSPS) is 11.9. The van der Waals surface area contributed by atoms with Crippen LogP contribution < -0.4 is 0 Å². The van der Waals surface area contributed by atoms with Crippen LogP contribution in [0, 0.1) is 0 Å². The maximum absolute atomic E-state index is 5.45. The zero-order valence-corrected chi connectivity index (χ0v) is 12.1. The molecule has 0 aliphatic rings. The van der Waals surface area contributed by atoms with E-state index >= 15 is 0 Å². The number of unbranched alkanes of at least 4 members (excludes halogenated alkanes) is 1. The van der Waals surface area contributed by atoms with E-state index in [9.17, 15) is 0 Å². The van der Waals surface area contributed by atoms with Crippen molar-refractivity contribution < 1.29 is 18.3 Å². The van der Waals surface area contributed by atoms with Crippen molar-refractivity contribution in [2.45, 2.75) is 33.6 Å². The maximum atomic E-state index is 5.45. The molecule has 0 saturated heterocycles. The highest BCUT2D eigenvalue weighted by Gasteiger charge is 2.18. The first-order valence-corrected chi connectivity index (χ1v) is 8.35. The molecule has 0 spiro atoms. The predicted molar refractivity (Wildman–Crippen MR) is 69.2 cm³/mol. The number of hydrogen-bond acceptors (Lipinski definition) is 5. The molecule has 4 nitrogen and oxygen atoms in total. The molecule has 0 rings (SSSR count). The highest BCUT2D eigenvalue weighted by atomic mass is 32.5. The van der Waals surface area contributed by atoms with E-state index in [1.807, 2.05) is 13.8 Å². The molecule has 0 aromatic heterocycles. The van der Waals surface area contributed by atoms with Crippen molar-refractivity contribution in [3.63, 3.8) is 0 Å². The van der Waals surface area contributed by atoms with Gasteiger partial charge in [0.2, 0.25) is 0 Å². The minimum absolute atomic E-state index is 0.432. The van der Waals surface area contributed by atoms with E-state index in [0.29, 0.717) is 26.4 Å². The van der Waals surface area contributed by atoms with Gasteiger partial charge in [-0.3, -0.25) is 0 Å². The van der Waals surface area contributed by atoms with E-state index in [2.05, 4.69) is 6.92 Å². The molecule has 0 aliphatic heterocycles. The van der Waals surface area contributed by atoms with Crippen molar-refractivity contribution in [2.75, 3.05) is 33.0 Å². The summed E-state index contributed by atoms with van der Waals surface area (Å²) in [6.07, 6.45) is 2.21. The second kappa shape index (κ2) is 10.6. The molecular formula is C10H23O4PS. The summed E-state index contributed by atoms with van der Waals surface area (Å²) in [5.41, 5.74) is 0. The summed E-state index contributed by atoms with van der Waals surface area (Å²) >= 11 is 5.19. The van der Waals surface area contributed by atoms with E-state index in [4.69, 9.17) is 30.1 Å². The molecule has 0 amide bonds. The highest BCUT2D eigenvalue weighted by molar-refractivity contribution is 8.07. The Morgan fingerprint density at radius 3 is 2.00 bits per heavy atom. The van der Waals surface area contributed by atoms with E-state index < -0.39 is 6.72 Å². The van der Waals surface area contributed by atoms with Crippen LogP contribution in [0.5, 0.6) is 0 Å². The molecule has 0 heterocycles. The van der Waals surface area contributed by atoms with Gasteiger partial charge in [-0.15, -0.1) is 0 Å². The van der Waals surface area contributed by atoms with E-state index in [-0.39, 0.29) is 0 Å². The average Bonchev–Trinajstić information content (AvgIpc) is 2.24. The maximum Gasteiger partial charge on any atom is 0.327 e. The van der Waals surface area contributed by atoms with Crippen molar-refractivity contribution in [3.8, 4) is 0 Å². The molecule has 0 aromatic carbocycles. The Bertz CT molecular complexity index is 191. The lowest BCUT2D eigenvalue weighted by Gasteiger charge is -2.20. The Morgan fingerprint density at radius 1 is 0.875 bits per heavy atom. The average molecular weight is 270 g/mol. The summed E-state index contributed by atoms with van der Waals surface area (Å²) in [4.78, 5) is 0. The molecular weight excluding hydrogens is 247 g/mol. The molecule has 0 fully saturated rings. The van der Waals surface area contributed by atoms with Crippen molar-refractivity contribution in [2.24, 2.45) is 0 Å². The van der Waals surface area contributed by atoms with Crippen LogP contribution in [0.15, 0.2) is 0 Å². The van der Waals surface area contributed by atoms with Gasteiger partial charge in [0, 0.05) is 6.61 Å². The first kappa shape index (κ1) is 16.5. The summed E-state index contributed by atoms with van der Waals surface area (Å²) in [7, 11) is 0. The molecule has 98 valence electrons. The monoisotopic (exact) mass is 270 g/mol. The van der Waals surface area contributed by atoms with Gasteiger partial charge in [-0.2, -0.15) is 0 Å². The van der Waals surface area contributed by atoms with Crippen molar-refractivity contribution in [1.29, 1.82) is 0 Å². The third-order valence-corrected chi connectivity index (χ3v) is 4.29. The van der Waals surface area contributed by atoms with Crippen LogP contribution in [0.3, 0.4) is 0 Å². The molecule has 16 heavy (non-hydrogen) atoms. The molecule has 0 aliphatic carbocycles.